The zero-order chi connectivity index (χ0) is 38.5. The maximum absolute atomic E-state index is 10.1. The molecule has 0 aliphatic heterocycles. The van der Waals surface area contributed by atoms with E-state index in [9.17, 15) is 5.11 Å². The summed E-state index contributed by atoms with van der Waals surface area (Å²) in [4.78, 5) is 0. The van der Waals surface area contributed by atoms with E-state index >= 15 is 0 Å². The molecule has 4 aromatic carbocycles. The molecule has 0 fully saturated rings. The molecule has 0 unspecified atom stereocenters. The van der Waals surface area contributed by atoms with Crippen LogP contribution in [0.25, 0.3) is 0 Å². The molecule has 0 radical (unpaired) electrons. The molecule has 4 atom stereocenters. The maximum Gasteiger partial charge on any atom is 0.191 e. The van der Waals surface area contributed by atoms with Gasteiger partial charge >= 0.3 is 0 Å². The van der Waals surface area contributed by atoms with Gasteiger partial charge in [-0.15, -0.1) is 0 Å². The average Bonchev–Trinajstić information content (AvgIpc) is 3.18. The topological polar surface area (TPSA) is 75.6 Å². The van der Waals surface area contributed by atoms with Gasteiger partial charge < -0.3 is 33.2 Å². The minimum Gasteiger partial charge on any atom is -0.417 e. The van der Waals surface area contributed by atoms with Gasteiger partial charge in [-0.05, 0) is 66.1 Å². The predicted octanol–water partition coefficient (Wildman–Crippen LogP) is 9.92. The van der Waals surface area contributed by atoms with Gasteiger partial charge in [0.1, 0.15) is 0 Å². The number of aliphatic hydroxyl groups is 1. The quantitative estimate of drug-likeness (QED) is 0.0505. The van der Waals surface area contributed by atoms with Crippen LogP contribution in [0.5, 0.6) is 0 Å². The summed E-state index contributed by atoms with van der Waals surface area (Å²) < 4.78 is 38.9. The molecule has 7 nitrogen and oxygen atoms in total. The largest absolute Gasteiger partial charge is 0.417 e. The molecule has 4 rings (SSSR count). The number of ether oxygens (including phenoxy) is 5. The molecule has 1 N–H and O–H groups in total. The van der Waals surface area contributed by atoms with Crippen molar-refractivity contribution in [3.8, 4) is 0 Å². The van der Waals surface area contributed by atoms with Crippen molar-refractivity contribution < 1.29 is 33.2 Å². The molecule has 0 heterocycles. The second kappa shape index (κ2) is 23.7. The predicted molar refractivity (Wildman–Crippen MR) is 220 cm³/mol. The van der Waals surface area contributed by atoms with Crippen molar-refractivity contribution in [2.75, 3.05) is 26.4 Å². The van der Waals surface area contributed by atoms with Crippen LogP contribution in [0.15, 0.2) is 121 Å². The number of aliphatic hydroxyl groups excluding tert-OH is 1. The Morgan fingerprint density at radius 3 is 1.28 bits per heavy atom. The molecule has 54 heavy (non-hydrogen) atoms. The maximum atomic E-state index is 10.1. The van der Waals surface area contributed by atoms with Crippen molar-refractivity contribution in [2.24, 2.45) is 0 Å². The smallest absolute Gasteiger partial charge is 0.191 e. The Kier molecular flexibility index (Phi) is 19.1. The van der Waals surface area contributed by atoms with E-state index in [0.29, 0.717) is 71.9 Å². The van der Waals surface area contributed by atoms with E-state index in [1.54, 1.807) is 0 Å². The van der Waals surface area contributed by atoms with Crippen molar-refractivity contribution >= 4 is 8.32 Å². The third-order valence-electron chi connectivity index (χ3n) is 10.2. The summed E-state index contributed by atoms with van der Waals surface area (Å²) in [5.74, 6) is 0. The molecule has 0 amide bonds. The molecule has 294 valence electrons. The van der Waals surface area contributed by atoms with Crippen LogP contribution in [0.4, 0.5) is 0 Å². The highest BCUT2D eigenvalue weighted by Gasteiger charge is 2.37. The second-order valence-electron chi connectivity index (χ2n) is 15.5. The van der Waals surface area contributed by atoms with Gasteiger partial charge in [-0.25, -0.2) is 0 Å². The first-order valence-electron chi connectivity index (χ1n) is 19.6. The van der Waals surface area contributed by atoms with E-state index in [4.69, 9.17) is 28.1 Å². The van der Waals surface area contributed by atoms with Crippen molar-refractivity contribution in [3.63, 3.8) is 0 Å². The van der Waals surface area contributed by atoms with Gasteiger partial charge in [-0.1, -0.05) is 142 Å². The average molecular weight is 757 g/mol. The van der Waals surface area contributed by atoms with Crippen LogP contribution in [0, 0.1) is 0 Å². The first-order valence-corrected chi connectivity index (χ1v) is 22.5. The van der Waals surface area contributed by atoms with Crippen LogP contribution >= 0.6 is 0 Å². The Hall–Kier alpha value is -3.18. The lowest BCUT2D eigenvalue weighted by molar-refractivity contribution is -0.106. The minimum atomic E-state index is -1.94. The highest BCUT2D eigenvalue weighted by Crippen LogP contribution is 2.36. The highest BCUT2D eigenvalue weighted by atomic mass is 28.4. The van der Waals surface area contributed by atoms with Crippen molar-refractivity contribution in [3.05, 3.63) is 144 Å². The lowest BCUT2D eigenvalue weighted by Gasteiger charge is -2.37. The zero-order valence-electron chi connectivity index (χ0n) is 33.2. The molecule has 0 aliphatic carbocycles. The van der Waals surface area contributed by atoms with Gasteiger partial charge in [0.05, 0.1) is 64.1 Å². The highest BCUT2D eigenvalue weighted by molar-refractivity contribution is 6.74. The molecule has 0 aliphatic rings. The van der Waals surface area contributed by atoms with E-state index in [-0.39, 0.29) is 36.1 Å². The normalized spacial score (nSPS) is 14.4. The van der Waals surface area contributed by atoms with Crippen LogP contribution in [0.3, 0.4) is 0 Å². The van der Waals surface area contributed by atoms with E-state index in [0.717, 1.165) is 22.3 Å². The Balaban J connectivity index is 1.41. The first kappa shape index (κ1) is 43.5. The van der Waals surface area contributed by atoms with Crippen LogP contribution in [0.2, 0.25) is 18.1 Å². The molecule has 4 aromatic rings. The number of hydrogen-bond donors (Lipinski definition) is 1. The fraction of sp³-hybridized carbons (Fsp3) is 0.478. The molecular formula is C46H64O7Si. The number of benzene rings is 4. The van der Waals surface area contributed by atoms with E-state index in [1.807, 2.05) is 84.9 Å². The summed E-state index contributed by atoms with van der Waals surface area (Å²) in [7, 11) is -1.94. The van der Waals surface area contributed by atoms with Crippen molar-refractivity contribution in [1.82, 2.24) is 0 Å². The third-order valence-corrected chi connectivity index (χ3v) is 14.8. The summed E-state index contributed by atoms with van der Waals surface area (Å²) in [6.07, 6.45) is 1.83. The molecule has 8 heteroatoms. The summed E-state index contributed by atoms with van der Waals surface area (Å²) in [5, 5.41) is 10.2. The van der Waals surface area contributed by atoms with Gasteiger partial charge in [0.15, 0.2) is 8.32 Å². The van der Waals surface area contributed by atoms with Crippen LogP contribution in [0.1, 0.15) is 68.7 Å². The monoisotopic (exact) mass is 756 g/mol. The molecule has 0 aromatic heterocycles. The summed E-state index contributed by atoms with van der Waals surface area (Å²) in [6.45, 7) is 14.7. The lowest BCUT2D eigenvalue weighted by Crippen LogP contribution is -2.42. The molecule has 0 saturated heterocycles. The Bertz CT molecular complexity index is 1520. The van der Waals surface area contributed by atoms with Gasteiger partial charge in [0.25, 0.3) is 0 Å². The first-order chi connectivity index (χ1) is 26.1. The van der Waals surface area contributed by atoms with Gasteiger partial charge in [0.2, 0.25) is 0 Å². The van der Waals surface area contributed by atoms with Crippen molar-refractivity contribution in [2.45, 2.75) is 115 Å². The standard InChI is InChI=1S/C46H64O7Si/c1-46(2,3)54(4,5)53-31-29-45(52-36-41-24-16-9-17-25-41)44(51-35-40-22-14-8-15-23-40)28-30-48-37-43(50-34-39-20-12-7-13-21-39)27-26-42(32-47)49-33-38-18-10-6-11-19-38/h6-25,42-45,47H,26-37H2,1-5H3/t42-,43-,44+,45+/m0/s1. The second-order valence-corrected chi connectivity index (χ2v) is 20.3. The molecule has 0 spiro atoms. The lowest BCUT2D eigenvalue weighted by atomic mass is 10.1. The Morgan fingerprint density at radius 1 is 0.500 bits per heavy atom. The molecule has 0 bridgehead atoms. The van der Waals surface area contributed by atoms with E-state index in [2.05, 4.69) is 70.3 Å². The van der Waals surface area contributed by atoms with E-state index in [1.165, 1.54) is 0 Å². The fourth-order valence-corrected chi connectivity index (χ4v) is 6.82. The van der Waals surface area contributed by atoms with Crippen LogP contribution in [-0.2, 0) is 54.5 Å². The van der Waals surface area contributed by atoms with Crippen molar-refractivity contribution in [1.29, 1.82) is 0 Å². The van der Waals surface area contributed by atoms with Crippen LogP contribution < -0.4 is 0 Å². The van der Waals surface area contributed by atoms with Gasteiger partial charge in [-0.2, -0.15) is 0 Å². The summed E-state index contributed by atoms with van der Waals surface area (Å²) in [6, 6.07) is 40.8. The van der Waals surface area contributed by atoms with Crippen LogP contribution in [-0.4, -0.2) is 64.3 Å². The third kappa shape index (κ3) is 16.3. The zero-order valence-corrected chi connectivity index (χ0v) is 34.2. The fourth-order valence-electron chi connectivity index (χ4n) is 5.76. The van der Waals surface area contributed by atoms with E-state index < -0.39 is 8.32 Å². The SMILES string of the molecule is CC(C)(C)[Si](C)(C)OCC[C@@H](OCc1ccccc1)[C@@H](CCOC[C@H](CC[C@@H](CO)OCc1ccccc1)OCc1ccccc1)OCc1ccccc1. The number of hydrogen-bond acceptors (Lipinski definition) is 7. The summed E-state index contributed by atoms with van der Waals surface area (Å²) >= 11 is 0. The Morgan fingerprint density at radius 2 is 0.870 bits per heavy atom. The molecule has 0 saturated carbocycles. The summed E-state index contributed by atoms with van der Waals surface area (Å²) in [5.41, 5.74) is 4.43. The Labute approximate surface area is 326 Å². The van der Waals surface area contributed by atoms with Gasteiger partial charge in [-0.3, -0.25) is 0 Å². The molecular weight excluding hydrogens is 693 g/mol. The number of rotatable bonds is 26. The van der Waals surface area contributed by atoms with Gasteiger partial charge in [0, 0.05) is 13.2 Å². The minimum absolute atomic E-state index is 0.0525.